The third-order valence-electron chi connectivity index (χ3n) is 2.04. The van der Waals surface area contributed by atoms with E-state index in [-0.39, 0.29) is 9.92 Å². The van der Waals surface area contributed by atoms with Gasteiger partial charge in [0.05, 0.1) is 5.02 Å². The largest absolute Gasteiger partial charge is 0.242 e. The van der Waals surface area contributed by atoms with Gasteiger partial charge in [-0.1, -0.05) is 39.1 Å². The van der Waals surface area contributed by atoms with Crippen molar-refractivity contribution in [2.24, 2.45) is 0 Å². The lowest BCUT2D eigenvalue weighted by molar-refractivity contribution is 0.578. The van der Waals surface area contributed by atoms with E-state index < -0.39 is 10.0 Å². The molecule has 0 amide bonds. The Morgan fingerprint density at radius 2 is 1.94 bits per heavy atom. The van der Waals surface area contributed by atoms with Gasteiger partial charge in [0.2, 0.25) is 10.0 Å². The van der Waals surface area contributed by atoms with Gasteiger partial charge in [-0.2, -0.15) is 0 Å². The first-order chi connectivity index (χ1) is 7.97. The quantitative estimate of drug-likeness (QED) is 0.623. The lowest BCUT2D eigenvalue weighted by Crippen LogP contribution is -2.25. The van der Waals surface area contributed by atoms with Crippen molar-refractivity contribution in [1.29, 1.82) is 0 Å². The Kier molecular flexibility index (Phi) is 6.23. The molecule has 1 aromatic carbocycles. The number of hydrogen-bond acceptors (Lipinski definition) is 2. The highest BCUT2D eigenvalue weighted by Gasteiger charge is 2.17. The Morgan fingerprint density at radius 1 is 1.24 bits per heavy atom. The van der Waals surface area contributed by atoms with E-state index in [1.165, 1.54) is 18.2 Å². The van der Waals surface area contributed by atoms with Gasteiger partial charge in [-0.15, -0.1) is 0 Å². The number of nitrogens with one attached hydrogen (secondary N) is 1. The van der Waals surface area contributed by atoms with Crippen LogP contribution in [0.2, 0.25) is 10.0 Å². The third-order valence-corrected chi connectivity index (χ3v) is 4.78. The summed E-state index contributed by atoms with van der Waals surface area (Å²) in [6.45, 7) is 0.396. The minimum Gasteiger partial charge on any atom is -0.211 e. The van der Waals surface area contributed by atoms with Crippen LogP contribution in [0.5, 0.6) is 0 Å². The molecular weight excluding hydrogens is 349 g/mol. The summed E-state index contributed by atoms with van der Waals surface area (Å²) in [5, 5.41) is 1.40. The Balaban J connectivity index is 2.76. The molecule has 0 unspecified atom stereocenters. The summed E-state index contributed by atoms with van der Waals surface area (Å²) < 4.78 is 26.2. The molecule has 0 saturated carbocycles. The van der Waals surface area contributed by atoms with Gasteiger partial charge in [-0.3, -0.25) is 0 Å². The average Bonchev–Trinajstić information content (AvgIpc) is 2.24. The second-order valence-corrected chi connectivity index (χ2v) is 6.74. The van der Waals surface area contributed by atoms with Crippen molar-refractivity contribution in [2.75, 3.05) is 11.9 Å². The highest BCUT2D eigenvalue weighted by atomic mass is 79.9. The van der Waals surface area contributed by atoms with E-state index >= 15 is 0 Å². The topological polar surface area (TPSA) is 46.2 Å². The summed E-state index contributed by atoms with van der Waals surface area (Å²) in [5.41, 5.74) is 0. The van der Waals surface area contributed by atoms with Crippen molar-refractivity contribution in [3.8, 4) is 0 Å². The Labute approximate surface area is 120 Å². The molecule has 96 valence electrons. The molecule has 0 fully saturated rings. The molecule has 1 N–H and O–H groups in total. The molecule has 0 spiro atoms. The predicted octanol–water partition coefficient (Wildman–Crippen LogP) is 3.45. The van der Waals surface area contributed by atoms with Crippen LogP contribution in [-0.2, 0) is 10.0 Å². The van der Waals surface area contributed by atoms with E-state index in [9.17, 15) is 8.42 Å². The minimum absolute atomic E-state index is 0.0578. The summed E-state index contributed by atoms with van der Waals surface area (Å²) in [7, 11) is -3.54. The second kappa shape index (κ2) is 6.95. The van der Waals surface area contributed by atoms with Gasteiger partial charge >= 0.3 is 0 Å². The highest BCUT2D eigenvalue weighted by molar-refractivity contribution is 9.09. The second-order valence-electron chi connectivity index (χ2n) is 3.37. The zero-order valence-corrected chi connectivity index (χ0v) is 12.8. The Hall–Kier alpha value is 0.190. The zero-order valence-electron chi connectivity index (χ0n) is 8.92. The number of unbranched alkanes of at least 4 members (excludes halogenated alkanes) is 1. The zero-order chi connectivity index (χ0) is 12.9. The summed E-state index contributed by atoms with van der Waals surface area (Å²) in [6.07, 6.45) is 1.69. The normalized spacial score (nSPS) is 11.7. The number of hydrogen-bond donors (Lipinski definition) is 1. The molecular formula is C10H12BrCl2NO2S. The van der Waals surface area contributed by atoms with Crippen LogP contribution in [0, 0.1) is 0 Å². The first kappa shape index (κ1) is 15.2. The van der Waals surface area contributed by atoms with E-state index in [4.69, 9.17) is 23.2 Å². The van der Waals surface area contributed by atoms with Crippen molar-refractivity contribution < 1.29 is 8.42 Å². The van der Waals surface area contributed by atoms with E-state index in [1.54, 1.807) is 0 Å². The van der Waals surface area contributed by atoms with Crippen LogP contribution < -0.4 is 4.72 Å². The maximum Gasteiger partial charge on any atom is 0.242 e. The smallest absolute Gasteiger partial charge is 0.211 e. The first-order valence-electron chi connectivity index (χ1n) is 4.98. The maximum absolute atomic E-state index is 11.9. The Bertz CT molecular complexity index is 479. The molecule has 0 saturated heterocycles. The van der Waals surface area contributed by atoms with Crippen LogP contribution in [0.3, 0.4) is 0 Å². The molecule has 0 aliphatic heterocycles. The molecule has 0 radical (unpaired) electrons. The van der Waals surface area contributed by atoms with Crippen LogP contribution in [-0.4, -0.2) is 20.3 Å². The lowest BCUT2D eigenvalue weighted by atomic mass is 10.3. The summed E-state index contributed by atoms with van der Waals surface area (Å²) >= 11 is 14.8. The molecule has 0 atom stereocenters. The van der Waals surface area contributed by atoms with E-state index in [1.807, 2.05) is 0 Å². The molecule has 0 aliphatic carbocycles. The molecule has 1 aromatic rings. The number of halogens is 3. The van der Waals surface area contributed by atoms with Crippen LogP contribution in [0.4, 0.5) is 0 Å². The van der Waals surface area contributed by atoms with Crippen molar-refractivity contribution in [1.82, 2.24) is 4.72 Å². The van der Waals surface area contributed by atoms with Gasteiger partial charge in [0, 0.05) is 16.9 Å². The number of benzene rings is 1. The molecule has 0 bridgehead atoms. The Morgan fingerprint density at radius 3 is 2.53 bits per heavy atom. The minimum atomic E-state index is -3.54. The van der Waals surface area contributed by atoms with Crippen LogP contribution in [0.25, 0.3) is 0 Å². The lowest BCUT2D eigenvalue weighted by Gasteiger charge is -2.08. The number of rotatable bonds is 6. The van der Waals surface area contributed by atoms with Gasteiger partial charge in [0.25, 0.3) is 0 Å². The van der Waals surface area contributed by atoms with E-state index in [0.29, 0.717) is 11.6 Å². The standard InChI is InChI=1S/C10H12BrCl2NO2S/c11-5-1-2-6-14-17(15,16)10-4-3-8(12)7-9(10)13/h3-4,7,14H,1-2,5-6H2. The van der Waals surface area contributed by atoms with Gasteiger partial charge in [-0.05, 0) is 31.0 Å². The SMILES string of the molecule is O=S(=O)(NCCCCBr)c1ccc(Cl)cc1Cl. The third kappa shape index (κ3) is 4.75. The predicted molar refractivity (Wildman–Crippen MR) is 74.7 cm³/mol. The van der Waals surface area contributed by atoms with E-state index in [0.717, 1.165) is 18.2 Å². The van der Waals surface area contributed by atoms with Gasteiger partial charge in [0.1, 0.15) is 4.90 Å². The molecule has 0 heterocycles. The molecule has 7 heteroatoms. The van der Waals surface area contributed by atoms with Crippen molar-refractivity contribution >= 4 is 49.2 Å². The summed E-state index contributed by atoms with van der Waals surface area (Å²) in [4.78, 5) is 0.0578. The molecule has 1 rings (SSSR count). The first-order valence-corrected chi connectivity index (χ1v) is 8.34. The summed E-state index contributed by atoms with van der Waals surface area (Å²) in [5.74, 6) is 0. The van der Waals surface area contributed by atoms with Crippen LogP contribution in [0.1, 0.15) is 12.8 Å². The number of sulfonamides is 1. The monoisotopic (exact) mass is 359 g/mol. The molecule has 0 aliphatic rings. The summed E-state index contributed by atoms with van der Waals surface area (Å²) in [6, 6.07) is 4.31. The van der Waals surface area contributed by atoms with Crippen LogP contribution >= 0.6 is 39.1 Å². The van der Waals surface area contributed by atoms with Gasteiger partial charge in [-0.25, -0.2) is 13.1 Å². The molecule has 17 heavy (non-hydrogen) atoms. The fourth-order valence-electron chi connectivity index (χ4n) is 1.20. The van der Waals surface area contributed by atoms with Crippen molar-refractivity contribution in [2.45, 2.75) is 17.7 Å². The van der Waals surface area contributed by atoms with Crippen LogP contribution in [0.15, 0.2) is 23.1 Å². The maximum atomic E-state index is 11.9. The van der Waals surface area contributed by atoms with Crippen molar-refractivity contribution in [3.63, 3.8) is 0 Å². The van der Waals surface area contributed by atoms with Crippen molar-refractivity contribution in [3.05, 3.63) is 28.2 Å². The average molecular weight is 361 g/mol. The molecule has 3 nitrogen and oxygen atoms in total. The highest BCUT2D eigenvalue weighted by Crippen LogP contribution is 2.24. The molecule has 0 aromatic heterocycles. The van der Waals surface area contributed by atoms with E-state index in [2.05, 4.69) is 20.7 Å². The number of alkyl halides is 1. The van der Waals surface area contributed by atoms with Gasteiger partial charge < -0.3 is 0 Å². The fraction of sp³-hybridized carbons (Fsp3) is 0.400. The van der Waals surface area contributed by atoms with Gasteiger partial charge in [0.15, 0.2) is 0 Å². The fourth-order valence-corrected chi connectivity index (χ4v) is 3.44.